The Morgan fingerprint density at radius 1 is 1.00 bits per heavy atom. The largest absolute Gasteiger partial charge is 0.397 e. The van der Waals surface area contributed by atoms with Crippen molar-refractivity contribution in [3.8, 4) is 0 Å². The summed E-state index contributed by atoms with van der Waals surface area (Å²) < 4.78 is 0. The molecule has 0 unspecified atom stereocenters. The highest BCUT2D eigenvalue weighted by atomic mass is 15.3. The third kappa shape index (κ3) is 3.52. The van der Waals surface area contributed by atoms with E-state index in [4.69, 9.17) is 5.73 Å². The van der Waals surface area contributed by atoms with Gasteiger partial charge in [-0.1, -0.05) is 18.2 Å². The van der Waals surface area contributed by atoms with Crippen LogP contribution >= 0.6 is 0 Å². The number of nitrogens with zero attached hydrogens (tertiary/aromatic N) is 3. The molecule has 21 heavy (non-hydrogen) atoms. The molecule has 2 N–H and O–H groups in total. The summed E-state index contributed by atoms with van der Waals surface area (Å²) in [5.74, 6) is 0. The van der Waals surface area contributed by atoms with Crippen LogP contribution in [0.3, 0.4) is 0 Å². The van der Waals surface area contributed by atoms with Gasteiger partial charge in [0, 0.05) is 45.1 Å². The molecule has 0 bridgehead atoms. The van der Waals surface area contributed by atoms with Gasteiger partial charge in [-0.2, -0.15) is 0 Å². The molecule has 1 saturated heterocycles. The van der Waals surface area contributed by atoms with Crippen LogP contribution in [-0.2, 0) is 6.42 Å². The van der Waals surface area contributed by atoms with E-state index >= 15 is 0 Å². The SMILES string of the molecule is Nc1ccccc1N1CCN(CCc2cccnc2)CC1. The van der Waals surface area contributed by atoms with Gasteiger partial charge < -0.3 is 10.6 Å². The van der Waals surface area contributed by atoms with E-state index in [1.54, 1.807) is 0 Å². The van der Waals surface area contributed by atoms with Gasteiger partial charge in [-0.15, -0.1) is 0 Å². The summed E-state index contributed by atoms with van der Waals surface area (Å²) in [5, 5.41) is 0. The van der Waals surface area contributed by atoms with E-state index in [1.165, 1.54) is 11.3 Å². The average Bonchev–Trinajstić information content (AvgIpc) is 2.55. The topological polar surface area (TPSA) is 45.4 Å². The maximum absolute atomic E-state index is 6.06. The zero-order chi connectivity index (χ0) is 14.5. The lowest BCUT2D eigenvalue weighted by molar-refractivity contribution is 0.261. The number of rotatable bonds is 4. The third-order valence-electron chi connectivity index (χ3n) is 4.09. The molecule has 1 fully saturated rings. The molecule has 0 radical (unpaired) electrons. The quantitative estimate of drug-likeness (QED) is 0.872. The lowest BCUT2D eigenvalue weighted by Gasteiger charge is -2.36. The lowest BCUT2D eigenvalue weighted by Crippen LogP contribution is -2.47. The number of aromatic nitrogens is 1. The highest BCUT2D eigenvalue weighted by molar-refractivity contribution is 5.67. The van der Waals surface area contributed by atoms with Crippen molar-refractivity contribution in [2.75, 3.05) is 43.4 Å². The molecule has 0 atom stereocenters. The van der Waals surface area contributed by atoms with E-state index < -0.39 is 0 Å². The van der Waals surface area contributed by atoms with Crippen molar-refractivity contribution >= 4 is 11.4 Å². The van der Waals surface area contributed by atoms with Crippen LogP contribution in [0.15, 0.2) is 48.8 Å². The van der Waals surface area contributed by atoms with Crippen LogP contribution in [0.2, 0.25) is 0 Å². The highest BCUT2D eigenvalue weighted by Gasteiger charge is 2.18. The molecule has 2 aromatic rings. The number of benzene rings is 1. The number of piperazine rings is 1. The first-order chi connectivity index (χ1) is 10.3. The van der Waals surface area contributed by atoms with E-state index in [0.717, 1.165) is 44.8 Å². The van der Waals surface area contributed by atoms with E-state index in [1.807, 2.05) is 30.6 Å². The van der Waals surface area contributed by atoms with E-state index in [0.29, 0.717) is 0 Å². The van der Waals surface area contributed by atoms with Crippen LogP contribution in [0.4, 0.5) is 11.4 Å². The average molecular weight is 282 g/mol. The predicted octanol–water partition coefficient (Wildman–Crippen LogP) is 2.03. The van der Waals surface area contributed by atoms with Gasteiger partial charge >= 0.3 is 0 Å². The van der Waals surface area contributed by atoms with Crippen LogP contribution < -0.4 is 10.6 Å². The molecule has 1 aromatic carbocycles. The molecular weight excluding hydrogens is 260 g/mol. The van der Waals surface area contributed by atoms with Crippen LogP contribution in [0.1, 0.15) is 5.56 Å². The fourth-order valence-corrected chi connectivity index (χ4v) is 2.82. The summed E-state index contributed by atoms with van der Waals surface area (Å²) in [5.41, 5.74) is 9.42. The Morgan fingerprint density at radius 3 is 2.52 bits per heavy atom. The molecule has 4 heteroatoms. The van der Waals surface area contributed by atoms with Crippen LogP contribution in [0.25, 0.3) is 0 Å². The minimum Gasteiger partial charge on any atom is -0.397 e. The smallest absolute Gasteiger partial charge is 0.0600 e. The number of hydrogen-bond donors (Lipinski definition) is 1. The molecule has 3 rings (SSSR count). The minimum absolute atomic E-state index is 0.876. The van der Waals surface area contributed by atoms with Gasteiger partial charge in [0.05, 0.1) is 11.4 Å². The number of para-hydroxylation sites is 2. The van der Waals surface area contributed by atoms with Gasteiger partial charge in [-0.3, -0.25) is 9.88 Å². The summed E-state index contributed by atoms with van der Waals surface area (Å²) in [4.78, 5) is 9.07. The first-order valence-corrected chi connectivity index (χ1v) is 7.53. The predicted molar refractivity (Wildman–Crippen MR) is 87.4 cm³/mol. The van der Waals surface area contributed by atoms with Gasteiger partial charge in [-0.05, 0) is 30.2 Å². The molecule has 2 heterocycles. The maximum Gasteiger partial charge on any atom is 0.0600 e. The fourth-order valence-electron chi connectivity index (χ4n) is 2.82. The third-order valence-corrected chi connectivity index (χ3v) is 4.09. The second kappa shape index (κ2) is 6.59. The molecule has 1 aliphatic rings. The highest BCUT2D eigenvalue weighted by Crippen LogP contribution is 2.23. The molecule has 0 aliphatic carbocycles. The van der Waals surface area contributed by atoms with Crippen molar-refractivity contribution in [2.24, 2.45) is 0 Å². The Morgan fingerprint density at radius 2 is 1.81 bits per heavy atom. The molecular formula is C17H22N4. The van der Waals surface area contributed by atoms with Crippen LogP contribution in [-0.4, -0.2) is 42.6 Å². The van der Waals surface area contributed by atoms with Crippen molar-refractivity contribution in [3.05, 3.63) is 54.4 Å². The molecule has 1 aliphatic heterocycles. The Kier molecular flexibility index (Phi) is 4.36. The van der Waals surface area contributed by atoms with Gasteiger partial charge in [0.25, 0.3) is 0 Å². The monoisotopic (exact) mass is 282 g/mol. The summed E-state index contributed by atoms with van der Waals surface area (Å²) >= 11 is 0. The number of hydrogen-bond acceptors (Lipinski definition) is 4. The Labute approximate surface area is 126 Å². The molecule has 0 spiro atoms. The van der Waals surface area contributed by atoms with Gasteiger partial charge in [0.2, 0.25) is 0 Å². The number of nitrogens with two attached hydrogens (primary N) is 1. The molecule has 0 saturated carbocycles. The van der Waals surface area contributed by atoms with Crippen molar-refractivity contribution in [1.29, 1.82) is 0 Å². The van der Waals surface area contributed by atoms with Gasteiger partial charge in [-0.25, -0.2) is 0 Å². The standard InChI is InChI=1S/C17H22N4/c18-16-5-1-2-6-17(16)21-12-10-20(11-13-21)9-7-15-4-3-8-19-14-15/h1-6,8,14H,7,9-13,18H2. The Bertz CT molecular complexity index is 562. The first kappa shape index (κ1) is 13.9. The van der Waals surface area contributed by atoms with Crippen LogP contribution in [0.5, 0.6) is 0 Å². The minimum atomic E-state index is 0.876. The summed E-state index contributed by atoms with van der Waals surface area (Å²) in [7, 11) is 0. The van der Waals surface area contributed by atoms with E-state index in [9.17, 15) is 0 Å². The molecule has 0 amide bonds. The van der Waals surface area contributed by atoms with Crippen molar-refractivity contribution in [1.82, 2.24) is 9.88 Å². The Balaban J connectivity index is 1.50. The summed E-state index contributed by atoms with van der Waals surface area (Å²) in [6.07, 6.45) is 4.86. The van der Waals surface area contributed by atoms with Crippen molar-refractivity contribution in [2.45, 2.75) is 6.42 Å². The number of nitrogen functional groups attached to an aromatic ring is 1. The molecule has 4 nitrogen and oxygen atoms in total. The summed E-state index contributed by atoms with van der Waals surface area (Å²) in [6.45, 7) is 5.37. The zero-order valence-electron chi connectivity index (χ0n) is 12.3. The first-order valence-electron chi connectivity index (χ1n) is 7.53. The molecule has 110 valence electrons. The normalized spacial score (nSPS) is 16.1. The second-order valence-electron chi connectivity index (χ2n) is 5.50. The second-order valence-corrected chi connectivity index (χ2v) is 5.50. The van der Waals surface area contributed by atoms with Gasteiger partial charge in [0.15, 0.2) is 0 Å². The number of pyridine rings is 1. The maximum atomic E-state index is 6.06. The van der Waals surface area contributed by atoms with Crippen LogP contribution in [0, 0.1) is 0 Å². The number of anilines is 2. The molecule has 1 aromatic heterocycles. The summed E-state index contributed by atoms with van der Waals surface area (Å²) in [6, 6.07) is 12.3. The Hall–Kier alpha value is -2.07. The zero-order valence-corrected chi connectivity index (χ0v) is 12.3. The van der Waals surface area contributed by atoms with Gasteiger partial charge in [0.1, 0.15) is 0 Å². The van der Waals surface area contributed by atoms with Crippen molar-refractivity contribution in [3.63, 3.8) is 0 Å². The van der Waals surface area contributed by atoms with E-state index in [-0.39, 0.29) is 0 Å². The lowest BCUT2D eigenvalue weighted by atomic mass is 10.2. The fraction of sp³-hybridized carbons (Fsp3) is 0.353. The van der Waals surface area contributed by atoms with E-state index in [2.05, 4.69) is 33.0 Å². The van der Waals surface area contributed by atoms with Crippen molar-refractivity contribution < 1.29 is 0 Å².